The number of H-pyrrole nitrogens is 1. The Hall–Kier alpha value is -1.30. The van der Waals surface area contributed by atoms with Crippen molar-refractivity contribution in [1.82, 2.24) is 15.0 Å². The van der Waals surface area contributed by atoms with Crippen LogP contribution < -0.4 is 7.68 Å². The van der Waals surface area contributed by atoms with Crippen LogP contribution in [0.4, 0.5) is 13.2 Å². The minimum Gasteiger partial charge on any atom is -0.609 e. The number of aromatic nitrogens is 3. The summed E-state index contributed by atoms with van der Waals surface area (Å²) in [5.74, 6) is 0.938. The number of aromatic amines is 1. The van der Waals surface area contributed by atoms with Gasteiger partial charge in [0.15, 0.2) is 0 Å². The van der Waals surface area contributed by atoms with Gasteiger partial charge in [-0.3, -0.25) is 4.98 Å². The Labute approximate surface area is 205 Å². The fourth-order valence-corrected chi connectivity index (χ4v) is 3.46. The molecule has 0 radical (unpaired) electrons. The van der Waals surface area contributed by atoms with E-state index in [9.17, 15) is 17.7 Å². The van der Waals surface area contributed by atoms with Crippen LogP contribution in [-0.2, 0) is 22.1 Å². The molecule has 2 unspecified atom stereocenters. The average Bonchev–Trinajstić information content (AvgIpc) is 3.17. The number of benzene rings is 1. The van der Waals surface area contributed by atoms with Gasteiger partial charge in [0, 0.05) is 11.2 Å². The number of nitrogens with one attached hydrogen (secondary N) is 1. The number of hydrogen-bond donors (Lipinski definition) is 1. The van der Waals surface area contributed by atoms with Crippen LogP contribution in [0.15, 0.2) is 35.6 Å². The topological polar surface area (TPSA) is 83.1 Å². The third-order valence-electron chi connectivity index (χ3n) is 4.79. The first-order valence-corrected chi connectivity index (χ1v) is 12.7. The van der Waals surface area contributed by atoms with Crippen molar-refractivity contribution in [1.29, 1.82) is 0 Å². The van der Waals surface area contributed by atoms with Gasteiger partial charge in [0.1, 0.15) is 6.26 Å². The molecule has 0 aliphatic heterocycles. The molecule has 0 aliphatic rings. The zero-order chi connectivity index (χ0) is 23.9. The summed E-state index contributed by atoms with van der Waals surface area (Å²) < 4.78 is 60.6. The van der Waals surface area contributed by atoms with Crippen LogP contribution >= 0.6 is 0 Å². The standard InChI is InChI=1S/C12H18NO2.C9H7F3N2OS.Na/c1-4-11(3)14-7-8-15-12-5-6-13-9-10(12)2;1-16(15)8-13-6-3-2-5(9(10,11)12)4-7(6)14-8;/h5-6,11H,4,7-8H2,1-3H3;2-4H,1H3,(H,13,14);. The van der Waals surface area contributed by atoms with E-state index in [-0.39, 0.29) is 10.7 Å². The molecule has 3 rings (SSSR count). The number of fused-ring (bicyclic) bond motifs is 1. The molecule has 0 saturated heterocycles. The zero-order valence-electron chi connectivity index (χ0n) is 18.7. The number of pyridine rings is 1. The summed E-state index contributed by atoms with van der Waals surface area (Å²) in [5, 5.41) is 0.175. The second kappa shape index (κ2) is 12.2. The van der Waals surface area contributed by atoms with Crippen LogP contribution in [0.2, 0.25) is 0 Å². The summed E-state index contributed by atoms with van der Waals surface area (Å²) in [5.41, 5.74) is 1.01. The summed E-state index contributed by atoms with van der Waals surface area (Å²) in [6, 6.07) is 5.09. The maximum Gasteiger partial charge on any atom is 0.416 e. The Bertz CT molecular complexity index is 1010. The van der Waals surface area contributed by atoms with Crippen LogP contribution in [0.3, 0.4) is 0 Å². The van der Waals surface area contributed by atoms with Gasteiger partial charge in [0.2, 0.25) is 0 Å². The molecule has 0 fully saturated rings. The smallest absolute Gasteiger partial charge is 0.416 e. The molecule has 2 aromatic heterocycles. The van der Waals surface area contributed by atoms with Gasteiger partial charge >= 0.3 is 127 Å². The first kappa shape index (κ1) is 26.9. The van der Waals surface area contributed by atoms with Crippen molar-refractivity contribution < 1.29 is 27.2 Å². The number of halogens is 3. The summed E-state index contributed by atoms with van der Waals surface area (Å²) in [7, 11) is 0. The van der Waals surface area contributed by atoms with Crippen molar-refractivity contribution in [3.8, 4) is 5.75 Å². The van der Waals surface area contributed by atoms with Crippen molar-refractivity contribution in [2.75, 3.05) is 19.5 Å². The number of nitrogens with zero attached hydrogens (tertiary/aromatic N) is 2. The van der Waals surface area contributed by atoms with Crippen molar-refractivity contribution in [2.24, 2.45) is 0 Å². The van der Waals surface area contributed by atoms with Crippen LogP contribution in [0.25, 0.3) is 11.0 Å². The van der Waals surface area contributed by atoms with Gasteiger partial charge in [-0.15, -0.1) is 0 Å². The van der Waals surface area contributed by atoms with Crippen LogP contribution in [0.1, 0.15) is 31.4 Å². The maximum atomic E-state index is 12.4. The van der Waals surface area contributed by atoms with E-state index in [0.29, 0.717) is 24.8 Å². The molecule has 6 nitrogen and oxygen atoms in total. The molecular weight excluding hydrogens is 454 g/mol. The van der Waals surface area contributed by atoms with Crippen molar-refractivity contribution in [2.45, 2.75) is 44.6 Å². The Morgan fingerprint density at radius 2 is 1.97 bits per heavy atom. The van der Waals surface area contributed by atoms with Gasteiger partial charge < -0.3 is 4.55 Å². The summed E-state index contributed by atoms with van der Waals surface area (Å²) in [6.45, 7) is 7.50. The van der Waals surface area contributed by atoms with Gasteiger partial charge in [-0.05, 0) is 18.2 Å². The number of rotatable bonds is 7. The molecule has 1 aromatic carbocycles. The van der Waals surface area contributed by atoms with E-state index in [0.717, 1.165) is 60.7 Å². The predicted molar refractivity (Wildman–Crippen MR) is 119 cm³/mol. The third kappa shape index (κ3) is 7.93. The quantitative estimate of drug-likeness (QED) is 0.318. The SMILES string of the molecule is CCC(C)OCCOc1ccn[c]([Na])c1C.C[S+]([O-])c1nc2cc(C(F)(F)F)ccc2[nH]1. The second-order valence-corrected chi connectivity index (χ2v) is 9.43. The summed E-state index contributed by atoms with van der Waals surface area (Å²) in [4.78, 5) is 10.8. The van der Waals surface area contributed by atoms with E-state index in [1.165, 1.54) is 12.3 Å². The Kier molecular flexibility index (Phi) is 10.3. The van der Waals surface area contributed by atoms with Gasteiger partial charge in [-0.2, -0.15) is 18.2 Å². The van der Waals surface area contributed by atoms with Crippen molar-refractivity contribution in [3.63, 3.8) is 0 Å². The minimum absolute atomic E-state index is 0.167. The molecule has 1 N–H and O–H groups in total. The molecule has 32 heavy (non-hydrogen) atoms. The largest absolute Gasteiger partial charge is 0.609 e. The molecule has 2 atom stereocenters. The minimum atomic E-state index is -4.39. The average molecular weight is 480 g/mol. The number of hydrogen-bond acceptors (Lipinski definition) is 5. The van der Waals surface area contributed by atoms with Gasteiger partial charge in [0.05, 0.1) is 16.6 Å². The molecular formula is C21H25F3N3NaO3S. The Morgan fingerprint density at radius 3 is 2.59 bits per heavy atom. The molecule has 2 heterocycles. The first-order valence-electron chi connectivity index (χ1n) is 10.1. The van der Waals surface area contributed by atoms with E-state index < -0.39 is 22.9 Å². The van der Waals surface area contributed by atoms with E-state index in [4.69, 9.17) is 9.47 Å². The maximum absolute atomic E-state index is 12.4. The van der Waals surface area contributed by atoms with Crippen LogP contribution in [0.5, 0.6) is 5.75 Å². The first-order chi connectivity index (χ1) is 15.0. The molecule has 0 spiro atoms. The van der Waals surface area contributed by atoms with Gasteiger partial charge in [-0.1, -0.05) is 0 Å². The van der Waals surface area contributed by atoms with E-state index >= 15 is 0 Å². The Morgan fingerprint density at radius 1 is 1.25 bits per heavy atom. The van der Waals surface area contributed by atoms with Crippen molar-refractivity contribution in [3.05, 3.63) is 41.6 Å². The normalized spacial score (nSPS) is 13.4. The van der Waals surface area contributed by atoms with Gasteiger partial charge in [-0.25, -0.2) is 0 Å². The predicted octanol–water partition coefficient (Wildman–Crippen LogP) is 3.70. The molecule has 170 valence electrons. The number of ether oxygens (including phenoxy) is 2. The molecule has 0 saturated carbocycles. The van der Waals surface area contributed by atoms with Crippen molar-refractivity contribution >= 4 is 53.1 Å². The third-order valence-corrected chi connectivity index (χ3v) is 6.53. The summed E-state index contributed by atoms with van der Waals surface area (Å²) in [6.07, 6.45) is 0.177. The zero-order valence-corrected chi connectivity index (χ0v) is 21.6. The molecule has 3 aromatic rings. The van der Waals surface area contributed by atoms with E-state index in [1.54, 1.807) is 6.20 Å². The fourth-order valence-electron chi connectivity index (χ4n) is 2.59. The van der Waals surface area contributed by atoms with E-state index in [1.807, 2.05) is 6.07 Å². The number of imidazole rings is 1. The van der Waals surface area contributed by atoms with Gasteiger partial charge in [0.25, 0.3) is 0 Å². The van der Waals surface area contributed by atoms with Crippen LogP contribution in [0, 0.1) is 6.92 Å². The van der Waals surface area contributed by atoms with Crippen LogP contribution in [-0.4, -0.2) is 73.0 Å². The molecule has 0 amide bonds. The monoisotopic (exact) mass is 479 g/mol. The molecule has 0 aliphatic carbocycles. The molecule has 0 bridgehead atoms. The fraction of sp³-hybridized carbons (Fsp3) is 0.429. The summed E-state index contributed by atoms with van der Waals surface area (Å²) >= 11 is -0.378. The Balaban J connectivity index is 0.000000227. The second-order valence-electron chi connectivity index (χ2n) is 7.18. The molecule has 11 heteroatoms. The number of alkyl halides is 3. The van der Waals surface area contributed by atoms with E-state index in [2.05, 4.69) is 35.7 Å².